The van der Waals surface area contributed by atoms with Crippen LogP contribution in [0.15, 0.2) is 54.7 Å². The van der Waals surface area contributed by atoms with E-state index in [2.05, 4.69) is 15.3 Å². The minimum absolute atomic E-state index is 0.221. The van der Waals surface area contributed by atoms with Crippen molar-refractivity contribution < 1.29 is 19.4 Å². The lowest BCUT2D eigenvalue weighted by atomic mass is 10.1. The molecule has 2 aromatic carbocycles. The molecule has 7 nitrogen and oxygen atoms in total. The van der Waals surface area contributed by atoms with Gasteiger partial charge >= 0.3 is 5.97 Å². The first kappa shape index (κ1) is 19.2. The number of anilines is 1. The van der Waals surface area contributed by atoms with Gasteiger partial charge in [0, 0.05) is 18.3 Å². The van der Waals surface area contributed by atoms with Gasteiger partial charge in [-0.2, -0.15) is 0 Å². The fourth-order valence-electron chi connectivity index (χ4n) is 2.77. The van der Waals surface area contributed by atoms with Crippen LogP contribution in [0.5, 0.6) is 11.5 Å². The highest BCUT2D eigenvalue weighted by atomic mass is 16.5. The van der Waals surface area contributed by atoms with Gasteiger partial charge in [-0.3, -0.25) is 0 Å². The molecule has 0 saturated heterocycles. The quantitative estimate of drug-likeness (QED) is 0.618. The molecule has 1 aromatic heterocycles. The zero-order chi connectivity index (χ0) is 19.9. The van der Waals surface area contributed by atoms with Gasteiger partial charge in [0.25, 0.3) is 0 Å². The van der Waals surface area contributed by atoms with Crippen molar-refractivity contribution >= 4 is 11.9 Å². The van der Waals surface area contributed by atoms with Gasteiger partial charge in [-0.15, -0.1) is 0 Å². The van der Waals surface area contributed by atoms with Crippen molar-refractivity contribution in [2.45, 2.75) is 6.42 Å². The third-order valence-corrected chi connectivity index (χ3v) is 4.21. The summed E-state index contributed by atoms with van der Waals surface area (Å²) in [7, 11) is 3.22. The van der Waals surface area contributed by atoms with E-state index in [9.17, 15) is 4.79 Å². The number of methoxy groups -OCH3 is 2. The van der Waals surface area contributed by atoms with E-state index in [-0.39, 0.29) is 5.56 Å². The summed E-state index contributed by atoms with van der Waals surface area (Å²) in [6.45, 7) is 0.633. The first-order chi connectivity index (χ1) is 13.6. The molecule has 0 saturated carbocycles. The van der Waals surface area contributed by atoms with Gasteiger partial charge in [0.05, 0.1) is 25.5 Å². The van der Waals surface area contributed by atoms with Crippen LogP contribution >= 0.6 is 0 Å². The lowest BCUT2D eigenvalue weighted by molar-refractivity contribution is 0.0697. The highest BCUT2D eigenvalue weighted by molar-refractivity contribution is 5.89. The second-order valence-electron chi connectivity index (χ2n) is 6.02. The predicted molar refractivity (Wildman–Crippen MR) is 106 cm³/mol. The van der Waals surface area contributed by atoms with E-state index in [0.717, 1.165) is 17.5 Å². The van der Waals surface area contributed by atoms with Gasteiger partial charge in [0.15, 0.2) is 11.5 Å². The number of hydrogen-bond acceptors (Lipinski definition) is 6. The number of benzene rings is 2. The third kappa shape index (κ3) is 4.56. The first-order valence-corrected chi connectivity index (χ1v) is 8.72. The summed E-state index contributed by atoms with van der Waals surface area (Å²) in [6, 6.07) is 14.2. The Balaban J connectivity index is 1.67. The van der Waals surface area contributed by atoms with Crippen molar-refractivity contribution in [3.63, 3.8) is 0 Å². The average Bonchev–Trinajstić information content (AvgIpc) is 2.74. The maximum absolute atomic E-state index is 11.2. The molecule has 144 valence electrons. The summed E-state index contributed by atoms with van der Waals surface area (Å²) < 4.78 is 10.6. The van der Waals surface area contributed by atoms with Crippen LogP contribution in [-0.4, -0.2) is 41.8 Å². The fourth-order valence-corrected chi connectivity index (χ4v) is 2.77. The summed E-state index contributed by atoms with van der Waals surface area (Å²) in [5.74, 6) is 0.901. The summed E-state index contributed by atoms with van der Waals surface area (Å²) in [4.78, 5) is 19.9. The third-order valence-electron chi connectivity index (χ3n) is 4.21. The Hall–Kier alpha value is -3.61. The van der Waals surface area contributed by atoms with Crippen LogP contribution in [0.25, 0.3) is 11.3 Å². The maximum Gasteiger partial charge on any atom is 0.335 e. The van der Waals surface area contributed by atoms with Crippen molar-refractivity contribution in [1.29, 1.82) is 0 Å². The summed E-state index contributed by atoms with van der Waals surface area (Å²) in [6.07, 6.45) is 2.40. The zero-order valence-corrected chi connectivity index (χ0v) is 15.7. The molecular weight excluding hydrogens is 358 g/mol. The predicted octanol–water partition coefficient (Wildman–Crippen LogP) is 3.51. The molecule has 3 aromatic rings. The van der Waals surface area contributed by atoms with Crippen molar-refractivity contribution in [2.24, 2.45) is 0 Å². The SMILES string of the molecule is COc1ccc(CCNc2nccc(-c3cccc(C(=O)O)c3)n2)cc1OC. The molecule has 0 spiro atoms. The van der Waals surface area contributed by atoms with Crippen LogP contribution in [0.3, 0.4) is 0 Å². The number of carbonyl (C=O) groups is 1. The van der Waals surface area contributed by atoms with Gasteiger partial charge in [-0.25, -0.2) is 14.8 Å². The minimum Gasteiger partial charge on any atom is -0.493 e. The Morgan fingerprint density at radius 3 is 2.64 bits per heavy atom. The summed E-state index contributed by atoms with van der Waals surface area (Å²) >= 11 is 0. The van der Waals surface area contributed by atoms with E-state index in [1.807, 2.05) is 24.3 Å². The Morgan fingerprint density at radius 2 is 1.89 bits per heavy atom. The molecule has 0 bridgehead atoms. The average molecular weight is 379 g/mol. The molecule has 0 atom stereocenters. The number of rotatable bonds is 8. The summed E-state index contributed by atoms with van der Waals surface area (Å²) in [5.41, 5.74) is 2.70. The largest absolute Gasteiger partial charge is 0.493 e. The molecule has 0 aliphatic rings. The van der Waals surface area contributed by atoms with Crippen molar-refractivity contribution in [3.05, 3.63) is 65.9 Å². The van der Waals surface area contributed by atoms with Crippen LogP contribution in [0.1, 0.15) is 15.9 Å². The van der Waals surface area contributed by atoms with Crippen LogP contribution in [0.2, 0.25) is 0 Å². The van der Waals surface area contributed by atoms with Gasteiger partial charge in [0.1, 0.15) is 0 Å². The molecule has 0 amide bonds. The molecule has 0 unspecified atom stereocenters. The number of nitrogens with one attached hydrogen (secondary N) is 1. The maximum atomic E-state index is 11.2. The molecule has 7 heteroatoms. The van der Waals surface area contributed by atoms with Crippen molar-refractivity contribution in [3.8, 4) is 22.8 Å². The molecule has 28 heavy (non-hydrogen) atoms. The van der Waals surface area contributed by atoms with E-state index >= 15 is 0 Å². The zero-order valence-electron chi connectivity index (χ0n) is 15.7. The molecule has 0 radical (unpaired) electrons. The summed E-state index contributed by atoms with van der Waals surface area (Å²) in [5, 5.41) is 12.3. The highest BCUT2D eigenvalue weighted by Gasteiger charge is 2.08. The Kier molecular flexibility index (Phi) is 6.06. The number of carboxylic acid groups (broad SMARTS) is 1. The normalized spacial score (nSPS) is 10.4. The van der Waals surface area contributed by atoms with E-state index in [1.165, 1.54) is 0 Å². The molecule has 0 fully saturated rings. The number of carboxylic acids is 1. The number of ether oxygens (including phenoxy) is 2. The standard InChI is InChI=1S/C21H21N3O4/c1-27-18-7-6-14(12-19(18)28-2)8-10-22-21-23-11-9-17(24-21)15-4-3-5-16(13-15)20(25)26/h3-7,9,11-13H,8,10H2,1-2H3,(H,25,26)(H,22,23,24). The lowest BCUT2D eigenvalue weighted by Gasteiger charge is -2.10. The Morgan fingerprint density at radius 1 is 1.07 bits per heavy atom. The second kappa shape index (κ2) is 8.85. The van der Waals surface area contributed by atoms with Gasteiger partial charge in [-0.05, 0) is 42.3 Å². The first-order valence-electron chi connectivity index (χ1n) is 8.72. The van der Waals surface area contributed by atoms with Crippen LogP contribution in [0.4, 0.5) is 5.95 Å². The molecule has 0 aliphatic heterocycles. The number of aromatic nitrogens is 2. The number of aromatic carboxylic acids is 1. The van der Waals surface area contributed by atoms with E-state index in [0.29, 0.717) is 29.7 Å². The fraction of sp³-hybridized carbons (Fsp3) is 0.190. The number of hydrogen-bond donors (Lipinski definition) is 2. The Labute approximate surface area is 163 Å². The molecule has 3 rings (SSSR count). The van der Waals surface area contributed by atoms with Gasteiger partial charge < -0.3 is 19.9 Å². The van der Waals surface area contributed by atoms with E-state index in [4.69, 9.17) is 14.6 Å². The monoisotopic (exact) mass is 379 g/mol. The van der Waals surface area contributed by atoms with E-state index < -0.39 is 5.97 Å². The molecule has 0 aliphatic carbocycles. The van der Waals surface area contributed by atoms with Crippen LogP contribution in [-0.2, 0) is 6.42 Å². The van der Waals surface area contributed by atoms with Crippen LogP contribution in [0, 0.1) is 0 Å². The van der Waals surface area contributed by atoms with Crippen LogP contribution < -0.4 is 14.8 Å². The lowest BCUT2D eigenvalue weighted by Crippen LogP contribution is -2.08. The molecular formula is C21H21N3O4. The van der Waals surface area contributed by atoms with Gasteiger partial charge in [-0.1, -0.05) is 18.2 Å². The topological polar surface area (TPSA) is 93.6 Å². The highest BCUT2D eigenvalue weighted by Crippen LogP contribution is 2.27. The van der Waals surface area contributed by atoms with E-state index in [1.54, 1.807) is 44.7 Å². The Bertz CT molecular complexity index is 975. The van der Waals surface area contributed by atoms with Gasteiger partial charge in [0.2, 0.25) is 5.95 Å². The number of nitrogens with zero attached hydrogens (tertiary/aromatic N) is 2. The van der Waals surface area contributed by atoms with Crippen molar-refractivity contribution in [1.82, 2.24) is 9.97 Å². The smallest absolute Gasteiger partial charge is 0.335 e. The molecule has 1 heterocycles. The minimum atomic E-state index is -0.968. The second-order valence-corrected chi connectivity index (χ2v) is 6.02. The molecule has 2 N–H and O–H groups in total. The van der Waals surface area contributed by atoms with Crippen molar-refractivity contribution in [2.75, 3.05) is 26.1 Å².